The molecule has 128 valence electrons. The van der Waals surface area contributed by atoms with Crippen molar-refractivity contribution < 1.29 is 14.3 Å². The number of nitrogens with one attached hydrogen (secondary N) is 3. The summed E-state index contributed by atoms with van der Waals surface area (Å²) in [6.45, 7) is 0.656. The fourth-order valence-electron chi connectivity index (χ4n) is 1.54. The molecule has 3 N–H and O–H groups in total. The summed E-state index contributed by atoms with van der Waals surface area (Å²) in [6, 6.07) is 7.07. The molecule has 1 aromatic rings. The number of hydrogen-bond donors (Lipinski definition) is 3. The van der Waals surface area contributed by atoms with Crippen LogP contribution in [0.5, 0.6) is 0 Å². The Hall–Kier alpha value is -1.90. The summed E-state index contributed by atoms with van der Waals surface area (Å²) in [5, 5.41) is 8.07. The van der Waals surface area contributed by atoms with Crippen LogP contribution in [-0.4, -0.2) is 49.8 Å². The molecule has 9 heteroatoms. The van der Waals surface area contributed by atoms with E-state index in [2.05, 4.69) is 20.7 Å². The molecule has 23 heavy (non-hydrogen) atoms. The van der Waals surface area contributed by atoms with Crippen molar-refractivity contribution in [3.05, 3.63) is 24.3 Å². The molecule has 0 aliphatic carbocycles. The summed E-state index contributed by atoms with van der Waals surface area (Å²) in [6.07, 6.45) is -0.281. The van der Waals surface area contributed by atoms with Gasteiger partial charge in [0.2, 0.25) is 5.91 Å². The van der Waals surface area contributed by atoms with E-state index < -0.39 is 6.09 Å². The normalized spacial score (nSPS) is 9.57. The number of carbonyl (C=O) groups excluding carboxylic acids is 2. The third-order valence-corrected chi connectivity index (χ3v) is 2.84. The van der Waals surface area contributed by atoms with Crippen LogP contribution in [0.15, 0.2) is 24.3 Å². The van der Waals surface area contributed by atoms with E-state index in [1.54, 1.807) is 24.3 Å². The topological polar surface area (TPSA) is 82.7 Å². The zero-order valence-electron chi connectivity index (χ0n) is 13.2. The molecule has 0 saturated heterocycles. The fraction of sp³-hybridized carbons (Fsp3) is 0.357. The molecule has 0 heterocycles. The van der Waals surface area contributed by atoms with E-state index in [0.717, 1.165) is 0 Å². The third-order valence-electron chi connectivity index (χ3n) is 2.64. The first kappa shape index (κ1) is 21.1. The number of alkyl carbamates (subject to hydrolysis) is 1. The average Bonchev–Trinajstić information content (AvgIpc) is 2.47. The van der Waals surface area contributed by atoms with Crippen molar-refractivity contribution >= 4 is 53.1 Å². The largest absolute Gasteiger partial charge is 0.453 e. The summed E-state index contributed by atoms with van der Waals surface area (Å²) in [4.78, 5) is 24.9. The molecule has 2 amide bonds. The maximum atomic E-state index is 11.9. The summed E-state index contributed by atoms with van der Waals surface area (Å²) >= 11 is 4.99. The van der Waals surface area contributed by atoms with Crippen LogP contribution in [0.25, 0.3) is 0 Å². The Morgan fingerprint density at radius 2 is 1.74 bits per heavy atom. The summed E-state index contributed by atoms with van der Waals surface area (Å²) in [7, 11) is 5.05. The van der Waals surface area contributed by atoms with Crippen molar-refractivity contribution in [3.8, 4) is 0 Å². The Bertz CT molecular complexity index is 555. The highest BCUT2D eigenvalue weighted by Crippen LogP contribution is 2.21. The second-order valence-corrected chi connectivity index (χ2v) is 5.13. The van der Waals surface area contributed by atoms with E-state index in [0.29, 0.717) is 24.3 Å². The molecule has 0 bridgehead atoms. The molecule has 0 aliphatic rings. The maximum absolute atomic E-state index is 11.9. The first-order valence-electron chi connectivity index (χ1n) is 6.62. The number of benzene rings is 1. The van der Waals surface area contributed by atoms with Gasteiger partial charge in [0, 0.05) is 13.0 Å². The van der Waals surface area contributed by atoms with Crippen LogP contribution < -0.4 is 16.0 Å². The number of anilines is 2. The molecule has 0 aromatic heterocycles. The van der Waals surface area contributed by atoms with Crippen molar-refractivity contribution in [2.75, 3.05) is 38.4 Å². The van der Waals surface area contributed by atoms with Crippen LogP contribution in [0.2, 0.25) is 0 Å². The molecule has 1 rings (SSSR count). The first-order valence-corrected chi connectivity index (χ1v) is 7.02. The number of nitrogens with zero attached hydrogens (tertiary/aromatic N) is 1. The van der Waals surface area contributed by atoms with Gasteiger partial charge in [0.15, 0.2) is 5.11 Å². The van der Waals surface area contributed by atoms with Gasteiger partial charge in [-0.3, -0.25) is 10.1 Å². The number of methoxy groups -OCH3 is 1. The van der Waals surface area contributed by atoms with Crippen molar-refractivity contribution in [1.82, 2.24) is 10.2 Å². The van der Waals surface area contributed by atoms with E-state index in [9.17, 15) is 9.59 Å². The molecule has 0 atom stereocenters. The monoisotopic (exact) mass is 360 g/mol. The third kappa shape index (κ3) is 8.34. The number of carbonyl (C=O) groups is 2. The zero-order valence-corrected chi connectivity index (χ0v) is 14.8. The number of ether oxygens (including phenoxy) is 1. The van der Waals surface area contributed by atoms with Crippen LogP contribution in [0, 0.1) is 0 Å². The van der Waals surface area contributed by atoms with E-state index in [-0.39, 0.29) is 23.4 Å². The fourth-order valence-corrected chi connectivity index (χ4v) is 1.73. The molecule has 0 spiro atoms. The average molecular weight is 361 g/mol. The van der Waals surface area contributed by atoms with Crippen molar-refractivity contribution in [2.45, 2.75) is 6.42 Å². The molecular formula is C14H21ClN4O3S. The van der Waals surface area contributed by atoms with E-state index >= 15 is 0 Å². The van der Waals surface area contributed by atoms with Crippen LogP contribution in [0.3, 0.4) is 0 Å². The van der Waals surface area contributed by atoms with Gasteiger partial charge in [-0.1, -0.05) is 12.1 Å². The molecule has 0 saturated carbocycles. The lowest BCUT2D eigenvalue weighted by Gasteiger charge is -2.14. The first-order chi connectivity index (χ1) is 10.4. The minimum atomic E-state index is -0.662. The zero-order chi connectivity index (χ0) is 16.5. The second-order valence-electron chi connectivity index (χ2n) is 4.72. The van der Waals surface area contributed by atoms with Crippen LogP contribution in [-0.2, 0) is 9.53 Å². The Morgan fingerprint density at radius 3 is 2.26 bits per heavy atom. The van der Waals surface area contributed by atoms with Crippen molar-refractivity contribution in [1.29, 1.82) is 0 Å². The van der Waals surface area contributed by atoms with Crippen LogP contribution >= 0.6 is 24.6 Å². The van der Waals surface area contributed by atoms with Gasteiger partial charge in [-0.25, -0.2) is 4.79 Å². The van der Waals surface area contributed by atoms with Gasteiger partial charge in [0.1, 0.15) is 0 Å². The predicted molar refractivity (Wildman–Crippen MR) is 97.3 cm³/mol. The lowest BCUT2D eigenvalue weighted by Crippen LogP contribution is -2.34. The molecule has 0 aliphatic heterocycles. The van der Waals surface area contributed by atoms with E-state index in [1.807, 2.05) is 19.0 Å². The predicted octanol–water partition coefficient (Wildman–Crippen LogP) is 2.05. The Balaban J connectivity index is 0.00000484. The number of thiocarbonyl (C=S) groups is 1. The van der Waals surface area contributed by atoms with Crippen molar-refractivity contribution in [2.24, 2.45) is 0 Å². The Labute approximate surface area is 147 Å². The van der Waals surface area contributed by atoms with E-state index in [4.69, 9.17) is 12.2 Å². The van der Waals surface area contributed by atoms with E-state index in [1.165, 1.54) is 7.11 Å². The number of rotatable bonds is 5. The number of halogens is 1. The van der Waals surface area contributed by atoms with Crippen molar-refractivity contribution in [3.63, 3.8) is 0 Å². The molecular weight excluding hydrogens is 340 g/mol. The summed E-state index contributed by atoms with van der Waals surface area (Å²) < 4.78 is 4.46. The van der Waals surface area contributed by atoms with Gasteiger partial charge < -0.3 is 20.3 Å². The summed E-state index contributed by atoms with van der Waals surface area (Å²) in [5.74, 6) is -0.102. The summed E-state index contributed by atoms with van der Waals surface area (Å²) in [5.41, 5.74) is 1.17. The molecule has 7 nitrogen and oxygen atoms in total. The molecule has 0 radical (unpaired) electrons. The SMILES string of the molecule is COC(=O)NC(=S)Nc1ccccc1NC(=O)CCN(C)C.Cl. The standard InChI is InChI=1S/C14H20N4O3S.ClH/c1-18(2)9-8-12(19)15-10-6-4-5-7-11(10)16-13(22)17-14(20)21-3;/h4-7H,8-9H2,1-3H3,(H,15,19)(H2,16,17,20,22);1H. The lowest BCUT2D eigenvalue weighted by molar-refractivity contribution is -0.116. The number of hydrogen-bond acceptors (Lipinski definition) is 5. The van der Waals surface area contributed by atoms with Gasteiger partial charge in [-0.15, -0.1) is 12.4 Å². The Morgan fingerprint density at radius 1 is 1.17 bits per heavy atom. The highest BCUT2D eigenvalue weighted by atomic mass is 35.5. The minimum absolute atomic E-state index is 0. The quantitative estimate of drug-likeness (QED) is 0.697. The maximum Gasteiger partial charge on any atom is 0.413 e. The second kappa shape index (κ2) is 10.8. The molecule has 1 aromatic carbocycles. The van der Waals surface area contributed by atoms with Gasteiger partial charge >= 0.3 is 6.09 Å². The smallest absolute Gasteiger partial charge is 0.413 e. The van der Waals surface area contributed by atoms with Crippen LogP contribution in [0.1, 0.15) is 6.42 Å². The van der Waals surface area contributed by atoms with Gasteiger partial charge in [0.25, 0.3) is 0 Å². The minimum Gasteiger partial charge on any atom is -0.453 e. The molecule has 0 unspecified atom stereocenters. The highest BCUT2D eigenvalue weighted by molar-refractivity contribution is 7.80. The number of amides is 2. The van der Waals surface area contributed by atoms with Gasteiger partial charge in [-0.2, -0.15) is 0 Å². The van der Waals surface area contributed by atoms with Crippen LogP contribution in [0.4, 0.5) is 16.2 Å². The number of para-hydroxylation sites is 2. The Kier molecular flexibility index (Phi) is 9.87. The highest BCUT2D eigenvalue weighted by Gasteiger charge is 2.09. The van der Waals surface area contributed by atoms with Gasteiger partial charge in [0.05, 0.1) is 18.5 Å². The lowest BCUT2D eigenvalue weighted by atomic mass is 10.2. The molecule has 0 fully saturated rings. The van der Waals surface area contributed by atoms with Gasteiger partial charge in [-0.05, 0) is 38.4 Å².